The number of amides is 1. The molecule has 6 heteroatoms. The number of rotatable bonds is 6. The van der Waals surface area contributed by atoms with Crippen LogP contribution in [0.1, 0.15) is 43.1 Å². The number of nitrogens with one attached hydrogen (secondary N) is 1. The molecule has 3 atom stereocenters. The summed E-state index contributed by atoms with van der Waals surface area (Å²) in [6.45, 7) is 0. The van der Waals surface area contributed by atoms with E-state index in [9.17, 15) is 4.79 Å². The van der Waals surface area contributed by atoms with Gasteiger partial charge in [0.05, 0.1) is 7.11 Å². The van der Waals surface area contributed by atoms with Crippen LogP contribution in [0.25, 0.3) is 0 Å². The lowest BCUT2D eigenvalue weighted by molar-refractivity contribution is -0.122. The smallest absolute Gasteiger partial charge is 0.221 e. The van der Waals surface area contributed by atoms with Gasteiger partial charge in [0.25, 0.3) is 0 Å². The topological polar surface area (TPSA) is 82.2 Å². The normalized spacial score (nSPS) is 21.1. The predicted molar refractivity (Wildman–Crippen MR) is 96.1 cm³/mol. The first-order valence-electron chi connectivity index (χ1n) is 8.74. The van der Waals surface area contributed by atoms with Crippen molar-refractivity contribution in [1.82, 2.24) is 14.9 Å². The van der Waals surface area contributed by atoms with Crippen molar-refractivity contribution in [2.24, 2.45) is 18.7 Å². The van der Waals surface area contributed by atoms with Crippen LogP contribution in [0.15, 0.2) is 36.7 Å². The fourth-order valence-electron chi connectivity index (χ4n) is 3.53. The molecule has 6 nitrogen and oxygen atoms in total. The summed E-state index contributed by atoms with van der Waals surface area (Å²) in [7, 11) is 3.57. The van der Waals surface area contributed by atoms with Crippen LogP contribution in [0.3, 0.4) is 0 Å². The molecule has 0 bridgehead atoms. The third-order valence-corrected chi connectivity index (χ3v) is 5.04. The van der Waals surface area contributed by atoms with Gasteiger partial charge in [-0.3, -0.25) is 4.79 Å². The number of ether oxygens (including phenoxy) is 1. The second-order valence-electron chi connectivity index (χ2n) is 6.73. The van der Waals surface area contributed by atoms with Crippen LogP contribution in [-0.2, 0) is 11.8 Å². The molecule has 3 N–H and O–H groups in total. The third-order valence-electron chi connectivity index (χ3n) is 5.04. The average Bonchev–Trinajstić information content (AvgIpc) is 3.21. The molecule has 0 aliphatic heterocycles. The molecule has 1 aromatic carbocycles. The maximum atomic E-state index is 12.6. The van der Waals surface area contributed by atoms with Gasteiger partial charge in [-0.05, 0) is 36.5 Å². The van der Waals surface area contributed by atoms with Crippen LogP contribution in [0.2, 0.25) is 0 Å². The molecule has 2 aromatic rings. The molecule has 1 fully saturated rings. The van der Waals surface area contributed by atoms with E-state index in [1.807, 2.05) is 42.1 Å². The zero-order valence-electron chi connectivity index (χ0n) is 14.8. The number of nitrogens with two attached hydrogens (primary N) is 1. The highest BCUT2D eigenvalue weighted by molar-refractivity contribution is 5.77. The minimum atomic E-state index is -0.295. The Balaban J connectivity index is 1.79. The Kier molecular flexibility index (Phi) is 5.38. The maximum absolute atomic E-state index is 12.6. The first kappa shape index (κ1) is 17.5. The number of carbonyl (C=O) groups excluding carboxylic acids is 1. The number of hydrogen-bond acceptors (Lipinski definition) is 4. The minimum Gasteiger partial charge on any atom is -0.497 e. The van der Waals surface area contributed by atoms with Crippen molar-refractivity contribution >= 4 is 5.91 Å². The van der Waals surface area contributed by atoms with Gasteiger partial charge in [-0.2, -0.15) is 0 Å². The van der Waals surface area contributed by atoms with Crippen molar-refractivity contribution in [2.45, 2.75) is 37.8 Å². The lowest BCUT2D eigenvalue weighted by Crippen LogP contribution is -2.35. The quantitative estimate of drug-likeness (QED) is 0.843. The number of aryl methyl sites for hydroxylation is 1. The van der Waals surface area contributed by atoms with Crippen molar-refractivity contribution < 1.29 is 9.53 Å². The lowest BCUT2D eigenvalue weighted by Gasteiger charge is -2.21. The highest BCUT2D eigenvalue weighted by Gasteiger charge is 2.28. The van der Waals surface area contributed by atoms with E-state index >= 15 is 0 Å². The van der Waals surface area contributed by atoms with E-state index in [0.29, 0.717) is 6.42 Å². The molecule has 1 unspecified atom stereocenters. The van der Waals surface area contributed by atoms with Crippen molar-refractivity contribution in [1.29, 1.82) is 0 Å². The van der Waals surface area contributed by atoms with E-state index in [4.69, 9.17) is 10.5 Å². The van der Waals surface area contributed by atoms with Crippen molar-refractivity contribution in [3.63, 3.8) is 0 Å². The van der Waals surface area contributed by atoms with Gasteiger partial charge in [-0.1, -0.05) is 18.6 Å². The second kappa shape index (κ2) is 7.70. The molecule has 0 saturated heterocycles. The van der Waals surface area contributed by atoms with Crippen LogP contribution >= 0.6 is 0 Å². The van der Waals surface area contributed by atoms with Gasteiger partial charge in [0, 0.05) is 31.9 Å². The number of hydrogen-bond donors (Lipinski definition) is 2. The average molecular weight is 342 g/mol. The molecule has 1 saturated carbocycles. The van der Waals surface area contributed by atoms with Gasteiger partial charge >= 0.3 is 0 Å². The van der Waals surface area contributed by atoms with Gasteiger partial charge in [-0.15, -0.1) is 0 Å². The molecule has 0 spiro atoms. The van der Waals surface area contributed by atoms with Gasteiger partial charge < -0.3 is 20.4 Å². The summed E-state index contributed by atoms with van der Waals surface area (Å²) in [4.78, 5) is 17.1. The second-order valence-corrected chi connectivity index (χ2v) is 6.73. The molecule has 3 rings (SSSR count). The van der Waals surface area contributed by atoms with Gasteiger partial charge in [0.2, 0.25) is 5.91 Å². The van der Waals surface area contributed by atoms with Crippen molar-refractivity contribution in [2.75, 3.05) is 7.11 Å². The van der Waals surface area contributed by atoms with Gasteiger partial charge in [0.1, 0.15) is 17.6 Å². The van der Waals surface area contributed by atoms with Crippen LogP contribution in [-0.4, -0.2) is 28.6 Å². The molecule has 1 aromatic heterocycles. The summed E-state index contributed by atoms with van der Waals surface area (Å²) in [5, 5.41) is 3.14. The maximum Gasteiger partial charge on any atom is 0.221 e. The molecule has 1 amide bonds. The SMILES string of the molecule is COc1ccc(C(NC(=O)C[C@@H]2CCC[C@H]2N)c2nccn2C)cc1. The first-order valence-corrected chi connectivity index (χ1v) is 8.74. The Labute approximate surface area is 148 Å². The molecule has 1 heterocycles. The van der Waals surface area contributed by atoms with Crippen LogP contribution in [0, 0.1) is 5.92 Å². The summed E-state index contributed by atoms with van der Waals surface area (Å²) in [5.74, 6) is 1.88. The van der Waals surface area contributed by atoms with Gasteiger partial charge in [0.15, 0.2) is 0 Å². The Morgan fingerprint density at radius 1 is 1.40 bits per heavy atom. The zero-order chi connectivity index (χ0) is 17.8. The minimum absolute atomic E-state index is 0.0196. The summed E-state index contributed by atoms with van der Waals surface area (Å²) < 4.78 is 7.15. The first-order chi connectivity index (χ1) is 12.1. The zero-order valence-corrected chi connectivity index (χ0v) is 14.8. The monoisotopic (exact) mass is 342 g/mol. The van der Waals surface area contributed by atoms with Gasteiger partial charge in [-0.25, -0.2) is 4.98 Å². The molecule has 1 aliphatic carbocycles. The van der Waals surface area contributed by atoms with E-state index in [-0.39, 0.29) is 23.9 Å². The van der Waals surface area contributed by atoms with E-state index in [2.05, 4.69) is 10.3 Å². The summed E-state index contributed by atoms with van der Waals surface area (Å²) in [5.41, 5.74) is 7.08. The molecule has 0 radical (unpaired) electrons. The predicted octanol–water partition coefficient (Wildman–Crippen LogP) is 2.15. The Bertz CT molecular complexity index is 710. The number of aromatic nitrogens is 2. The summed E-state index contributed by atoms with van der Waals surface area (Å²) in [6.07, 6.45) is 7.25. The van der Waals surface area contributed by atoms with Crippen LogP contribution in [0.5, 0.6) is 5.75 Å². The van der Waals surface area contributed by atoms with E-state index in [0.717, 1.165) is 36.4 Å². The third kappa shape index (κ3) is 4.02. The molecular formula is C19H26N4O2. The Morgan fingerprint density at radius 3 is 2.72 bits per heavy atom. The Morgan fingerprint density at radius 2 is 2.16 bits per heavy atom. The molecule has 25 heavy (non-hydrogen) atoms. The number of benzene rings is 1. The summed E-state index contributed by atoms with van der Waals surface area (Å²) >= 11 is 0. The molecular weight excluding hydrogens is 316 g/mol. The van der Waals surface area contributed by atoms with E-state index < -0.39 is 0 Å². The Hall–Kier alpha value is -2.34. The van der Waals surface area contributed by atoms with Crippen LogP contribution in [0.4, 0.5) is 0 Å². The summed E-state index contributed by atoms with van der Waals surface area (Å²) in [6, 6.07) is 7.54. The number of carbonyl (C=O) groups is 1. The highest BCUT2D eigenvalue weighted by atomic mass is 16.5. The van der Waals surface area contributed by atoms with Crippen molar-refractivity contribution in [3.8, 4) is 5.75 Å². The fourth-order valence-corrected chi connectivity index (χ4v) is 3.53. The molecule has 1 aliphatic rings. The van der Waals surface area contributed by atoms with Crippen LogP contribution < -0.4 is 15.8 Å². The fraction of sp³-hybridized carbons (Fsp3) is 0.474. The molecule has 134 valence electrons. The standard InChI is InChI=1S/C19H26N4O2/c1-23-11-10-21-19(23)18(13-6-8-15(25-2)9-7-13)22-17(24)12-14-4-3-5-16(14)20/h6-11,14,16,18H,3-5,12,20H2,1-2H3,(H,22,24)/t14-,16+,18?/m0/s1. The lowest BCUT2D eigenvalue weighted by atomic mass is 9.99. The number of methoxy groups -OCH3 is 1. The highest BCUT2D eigenvalue weighted by Crippen LogP contribution is 2.28. The largest absolute Gasteiger partial charge is 0.497 e. The van der Waals surface area contributed by atoms with E-state index in [1.54, 1.807) is 13.3 Å². The van der Waals surface area contributed by atoms with Crippen molar-refractivity contribution in [3.05, 3.63) is 48.0 Å². The number of imidazole rings is 1. The number of nitrogens with zero attached hydrogens (tertiary/aromatic N) is 2. The van der Waals surface area contributed by atoms with E-state index in [1.165, 1.54) is 0 Å².